The first kappa shape index (κ1) is 13.9. The first-order valence-electron chi connectivity index (χ1n) is 5.30. The van der Waals surface area contributed by atoms with E-state index in [1.54, 1.807) is 13.2 Å². The molecular weight excluding hydrogens is 338 g/mol. The largest absolute Gasteiger partial charge is 0.497 e. The second-order valence-electron chi connectivity index (χ2n) is 3.39. The van der Waals surface area contributed by atoms with E-state index in [0.717, 1.165) is 24.5 Å². The third-order valence-corrected chi connectivity index (χ3v) is 3.23. The van der Waals surface area contributed by atoms with Gasteiger partial charge in [0.25, 0.3) is 0 Å². The number of methoxy groups -OCH3 is 1. The Labute approximate surface area is 115 Å². The lowest BCUT2D eigenvalue weighted by Crippen LogP contribution is -1.98. The Balaban J connectivity index is 2.36. The summed E-state index contributed by atoms with van der Waals surface area (Å²) in [6.07, 6.45) is 3.53. The van der Waals surface area contributed by atoms with Gasteiger partial charge in [0.1, 0.15) is 11.5 Å². The number of hydrogen-bond acceptors (Lipinski definition) is 2. The van der Waals surface area contributed by atoms with Gasteiger partial charge in [0.15, 0.2) is 0 Å². The molecule has 0 spiro atoms. The fourth-order valence-corrected chi connectivity index (χ4v) is 2.05. The number of alkyl halides is 1. The molecule has 1 aromatic rings. The summed E-state index contributed by atoms with van der Waals surface area (Å²) in [5.41, 5.74) is 0. The number of unbranched alkanes of at least 4 members (excludes halogenated alkanes) is 2. The Bertz CT molecular complexity index is 318. The second-order valence-corrected chi connectivity index (χ2v) is 4.88. The van der Waals surface area contributed by atoms with E-state index < -0.39 is 0 Å². The van der Waals surface area contributed by atoms with E-state index >= 15 is 0 Å². The predicted molar refractivity (Wildman–Crippen MR) is 76.2 cm³/mol. The van der Waals surface area contributed by atoms with Gasteiger partial charge in [-0.3, -0.25) is 0 Å². The number of ether oxygens (including phenoxy) is 2. The molecule has 0 saturated carbocycles. The third-order valence-electron chi connectivity index (χ3n) is 2.17. The molecule has 0 bridgehead atoms. The molecule has 0 N–H and O–H groups in total. The molecule has 1 aromatic carbocycles. The van der Waals surface area contributed by atoms with Crippen LogP contribution in [0.3, 0.4) is 0 Å². The fraction of sp³-hybridized carbons (Fsp3) is 0.500. The zero-order chi connectivity index (χ0) is 11.8. The molecule has 0 amide bonds. The molecule has 0 aliphatic rings. The number of rotatable bonds is 7. The van der Waals surface area contributed by atoms with E-state index in [-0.39, 0.29) is 0 Å². The van der Waals surface area contributed by atoms with E-state index in [1.807, 2.05) is 12.1 Å². The lowest BCUT2D eigenvalue weighted by molar-refractivity contribution is 0.306. The van der Waals surface area contributed by atoms with Gasteiger partial charge in [-0.05, 0) is 35.8 Å². The summed E-state index contributed by atoms with van der Waals surface area (Å²) >= 11 is 8.43. The molecule has 16 heavy (non-hydrogen) atoms. The monoisotopic (exact) mass is 354 g/mol. The molecule has 0 aromatic heterocycles. The highest BCUT2D eigenvalue weighted by Crippen LogP contribution is 2.28. The predicted octanol–water partition coefficient (Wildman–Crippen LogP) is 4.33. The van der Waals surface area contributed by atoms with Crippen molar-refractivity contribution in [2.45, 2.75) is 19.3 Å². The van der Waals surface area contributed by atoms with Crippen LogP contribution in [0.4, 0.5) is 0 Å². The van der Waals surface area contributed by atoms with E-state index in [2.05, 4.69) is 22.6 Å². The Morgan fingerprint density at radius 2 is 2.06 bits per heavy atom. The summed E-state index contributed by atoms with van der Waals surface area (Å²) < 4.78 is 11.9. The van der Waals surface area contributed by atoms with E-state index in [1.165, 1.54) is 17.3 Å². The molecule has 0 saturated heterocycles. The van der Waals surface area contributed by atoms with Crippen molar-refractivity contribution >= 4 is 34.2 Å². The molecule has 1 rings (SSSR count). The maximum absolute atomic E-state index is 6.04. The van der Waals surface area contributed by atoms with Gasteiger partial charge in [-0.1, -0.05) is 34.2 Å². The minimum absolute atomic E-state index is 0.605. The van der Waals surface area contributed by atoms with Crippen molar-refractivity contribution in [3.8, 4) is 11.5 Å². The lowest BCUT2D eigenvalue weighted by atomic mass is 10.3. The van der Waals surface area contributed by atoms with Crippen LogP contribution in [-0.4, -0.2) is 18.1 Å². The smallest absolute Gasteiger partial charge is 0.138 e. The van der Waals surface area contributed by atoms with Gasteiger partial charge < -0.3 is 9.47 Å². The van der Waals surface area contributed by atoms with Gasteiger partial charge in [-0.2, -0.15) is 0 Å². The second kappa shape index (κ2) is 8.01. The van der Waals surface area contributed by atoms with Crippen LogP contribution < -0.4 is 9.47 Å². The van der Waals surface area contributed by atoms with E-state index in [9.17, 15) is 0 Å². The Morgan fingerprint density at radius 1 is 1.25 bits per heavy atom. The average Bonchev–Trinajstić information content (AvgIpc) is 2.30. The quantitative estimate of drug-likeness (QED) is 0.412. The van der Waals surface area contributed by atoms with Gasteiger partial charge >= 0.3 is 0 Å². The van der Waals surface area contributed by atoms with Gasteiger partial charge in [-0.25, -0.2) is 0 Å². The summed E-state index contributed by atoms with van der Waals surface area (Å²) in [6, 6.07) is 5.47. The molecular formula is C12H16ClIO2. The number of hydrogen-bond donors (Lipinski definition) is 0. The highest BCUT2D eigenvalue weighted by Gasteiger charge is 2.02. The summed E-state index contributed by atoms with van der Waals surface area (Å²) in [5, 5.41) is 0.605. The van der Waals surface area contributed by atoms with Crippen LogP contribution >= 0.6 is 34.2 Å². The van der Waals surface area contributed by atoms with Crippen LogP contribution in [0.1, 0.15) is 19.3 Å². The highest BCUT2D eigenvalue weighted by atomic mass is 127. The molecule has 2 nitrogen and oxygen atoms in total. The summed E-state index contributed by atoms with van der Waals surface area (Å²) in [4.78, 5) is 0. The first-order valence-corrected chi connectivity index (χ1v) is 7.20. The SMILES string of the molecule is COc1ccc(OCCCCCI)c(Cl)c1. The standard InChI is InChI=1S/C12H16ClIO2/c1-15-10-5-6-12(11(13)9-10)16-8-4-2-3-7-14/h5-6,9H,2-4,7-8H2,1H3. The van der Waals surface area contributed by atoms with Crippen molar-refractivity contribution in [3.05, 3.63) is 23.2 Å². The number of halogens is 2. The highest BCUT2D eigenvalue weighted by molar-refractivity contribution is 14.1. The maximum atomic E-state index is 6.04. The fourth-order valence-electron chi connectivity index (χ4n) is 1.28. The van der Waals surface area contributed by atoms with E-state index in [0.29, 0.717) is 5.02 Å². The molecule has 0 aliphatic carbocycles. The zero-order valence-electron chi connectivity index (χ0n) is 9.34. The average molecular weight is 355 g/mol. The molecule has 90 valence electrons. The van der Waals surface area contributed by atoms with Crippen LogP contribution in [0.25, 0.3) is 0 Å². The van der Waals surface area contributed by atoms with Crippen molar-refractivity contribution < 1.29 is 9.47 Å². The van der Waals surface area contributed by atoms with Crippen LogP contribution in [0.15, 0.2) is 18.2 Å². The van der Waals surface area contributed by atoms with Gasteiger partial charge in [0.05, 0.1) is 18.7 Å². The van der Waals surface area contributed by atoms with Gasteiger partial charge in [-0.15, -0.1) is 0 Å². The van der Waals surface area contributed by atoms with Crippen molar-refractivity contribution in [1.82, 2.24) is 0 Å². The normalized spacial score (nSPS) is 10.2. The van der Waals surface area contributed by atoms with Crippen molar-refractivity contribution in [2.24, 2.45) is 0 Å². The van der Waals surface area contributed by atoms with E-state index in [4.69, 9.17) is 21.1 Å². The Morgan fingerprint density at radius 3 is 2.69 bits per heavy atom. The molecule has 0 radical (unpaired) electrons. The van der Waals surface area contributed by atoms with Gasteiger partial charge in [0, 0.05) is 6.07 Å². The minimum atomic E-state index is 0.605. The summed E-state index contributed by atoms with van der Waals surface area (Å²) in [6.45, 7) is 0.725. The lowest BCUT2D eigenvalue weighted by Gasteiger charge is -2.08. The van der Waals surface area contributed by atoms with Crippen LogP contribution in [0, 0.1) is 0 Å². The molecule has 0 aliphatic heterocycles. The zero-order valence-corrected chi connectivity index (χ0v) is 12.3. The number of benzene rings is 1. The minimum Gasteiger partial charge on any atom is -0.497 e. The molecule has 0 atom stereocenters. The van der Waals surface area contributed by atoms with Gasteiger partial charge in [0.2, 0.25) is 0 Å². The van der Waals surface area contributed by atoms with Crippen LogP contribution in [-0.2, 0) is 0 Å². The Hall–Kier alpha value is -0.160. The topological polar surface area (TPSA) is 18.5 Å². The molecule has 0 unspecified atom stereocenters. The summed E-state index contributed by atoms with van der Waals surface area (Å²) in [5.74, 6) is 1.49. The molecule has 0 heterocycles. The van der Waals surface area contributed by atoms with Crippen LogP contribution in [0.5, 0.6) is 11.5 Å². The van der Waals surface area contributed by atoms with Crippen molar-refractivity contribution in [2.75, 3.05) is 18.1 Å². The van der Waals surface area contributed by atoms with Crippen molar-refractivity contribution in [3.63, 3.8) is 0 Å². The van der Waals surface area contributed by atoms with Crippen LogP contribution in [0.2, 0.25) is 5.02 Å². The Kier molecular flexibility index (Phi) is 6.96. The maximum Gasteiger partial charge on any atom is 0.138 e. The molecule has 4 heteroatoms. The third kappa shape index (κ3) is 4.78. The molecule has 0 fully saturated rings. The first-order chi connectivity index (χ1) is 7.77. The summed E-state index contributed by atoms with van der Waals surface area (Å²) in [7, 11) is 1.62. The van der Waals surface area contributed by atoms with Crippen molar-refractivity contribution in [1.29, 1.82) is 0 Å².